The minimum absolute atomic E-state index is 0.284. The number of nitrogens with two attached hydrogens (primary N) is 1. The fraction of sp³-hybridized carbons (Fsp3) is 0. The van der Waals surface area contributed by atoms with E-state index in [1.165, 1.54) is 10.9 Å². The Balaban J connectivity index is 2.21. The van der Waals surface area contributed by atoms with Gasteiger partial charge in [-0.3, -0.25) is 0 Å². The van der Waals surface area contributed by atoms with Crippen LogP contribution in [-0.4, -0.2) is 19.7 Å². The van der Waals surface area contributed by atoms with Gasteiger partial charge in [0.05, 0.1) is 17.2 Å². The van der Waals surface area contributed by atoms with Gasteiger partial charge in [0.25, 0.3) is 0 Å². The summed E-state index contributed by atoms with van der Waals surface area (Å²) < 4.78 is 1.42. The first-order chi connectivity index (χ1) is 8.29. The molecule has 6 nitrogen and oxygen atoms in total. The van der Waals surface area contributed by atoms with Crippen molar-refractivity contribution in [3.8, 4) is 12.0 Å². The highest BCUT2D eigenvalue weighted by atomic mass is 15.4. The minimum atomic E-state index is 0.284. The molecule has 3 aromatic rings. The zero-order chi connectivity index (χ0) is 11.8. The van der Waals surface area contributed by atoms with E-state index < -0.39 is 0 Å². The van der Waals surface area contributed by atoms with Crippen molar-refractivity contribution in [3.63, 3.8) is 0 Å². The van der Waals surface area contributed by atoms with E-state index in [2.05, 4.69) is 15.1 Å². The molecule has 0 bridgehead atoms. The second kappa shape index (κ2) is 3.35. The van der Waals surface area contributed by atoms with Crippen LogP contribution in [0.15, 0.2) is 30.5 Å². The summed E-state index contributed by atoms with van der Waals surface area (Å²) in [6, 6.07) is 9.59. The summed E-state index contributed by atoms with van der Waals surface area (Å²) in [7, 11) is 0. The maximum atomic E-state index is 8.80. The Morgan fingerprint density at radius 1 is 1.35 bits per heavy atom. The Labute approximate surface area is 96.3 Å². The molecular weight excluding hydrogens is 216 g/mol. The van der Waals surface area contributed by atoms with Crippen molar-refractivity contribution in [2.45, 2.75) is 0 Å². The van der Waals surface area contributed by atoms with Gasteiger partial charge in [0.1, 0.15) is 17.5 Å². The lowest BCUT2D eigenvalue weighted by atomic mass is 10.3. The van der Waals surface area contributed by atoms with E-state index in [0.717, 1.165) is 11.0 Å². The van der Waals surface area contributed by atoms with Crippen LogP contribution >= 0.6 is 0 Å². The van der Waals surface area contributed by atoms with E-state index in [1.54, 1.807) is 0 Å². The molecular formula is C11H8N6. The fourth-order valence-corrected chi connectivity index (χ4v) is 1.65. The number of benzene rings is 1. The highest BCUT2D eigenvalue weighted by Gasteiger charge is 2.11. The molecule has 0 radical (unpaired) electrons. The Kier molecular flexibility index (Phi) is 1.86. The van der Waals surface area contributed by atoms with Gasteiger partial charge in [-0.1, -0.05) is 12.1 Å². The highest BCUT2D eigenvalue weighted by Crippen LogP contribution is 2.17. The molecule has 0 aliphatic carbocycles. The van der Waals surface area contributed by atoms with Gasteiger partial charge in [-0.05, 0) is 12.1 Å². The van der Waals surface area contributed by atoms with E-state index in [4.69, 9.17) is 11.0 Å². The SMILES string of the molecule is N#Cc1cnn(-c2nc3ccccc3[nH]2)c1N. The topological polar surface area (TPSA) is 96.3 Å². The monoisotopic (exact) mass is 224 g/mol. The summed E-state index contributed by atoms with van der Waals surface area (Å²) in [6.07, 6.45) is 1.42. The van der Waals surface area contributed by atoms with E-state index >= 15 is 0 Å². The summed E-state index contributed by atoms with van der Waals surface area (Å²) in [5.74, 6) is 0.789. The van der Waals surface area contributed by atoms with Crippen LogP contribution in [0.3, 0.4) is 0 Å². The van der Waals surface area contributed by atoms with Gasteiger partial charge < -0.3 is 10.7 Å². The highest BCUT2D eigenvalue weighted by molar-refractivity contribution is 5.76. The van der Waals surface area contributed by atoms with Gasteiger partial charge in [0.15, 0.2) is 0 Å². The lowest BCUT2D eigenvalue weighted by Crippen LogP contribution is -2.04. The molecule has 0 saturated heterocycles. The lowest BCUT2D eigenvalue weighted by molar-refractivity contribution is 0.839. The first-order valence-corrected chi connectivity index (χ1v) is 4.98. The van der Waals surface area contributed by atoms with Crippen LogP contribution in [0.4, 0.5) is 5.82 Å². The summed E-state index contributed by atoms with van der Waals surface area (Å²) in [4.78, 5) is 7.44. The molecule has 0 amide bonds. The molecule has 17 heavy (non-hydrogen) atoms. The Morgan fingerprint density at radius 3 is 2.88 bits per heavy atom. The van der Waals surface area contributed by atoms with Gasteiger partial charge in [-0.25, -0.2) is 4.98 Å². The average Bonchev–Trinajstić information content (AvgIpc) is 2.91. The molecule has 0 aliphatic heterocycles. The number of nitrogen functional groups attached to an aromatic ring is 1. The number of nitriles is 1. The lowest BCUT2D eigenvalue weighted by Gasteiger charge is -1.97. The summed E-state index contributed by atoms with van der Waals surface area (Å²) >= 11 is 0. The third-order valence-corrected chi connectivity index (χ3v) is 2.50. The number of aromatic amines is 1. The normalized spacial score (nSPS) is 10.5. The maximum Gasteiger partial charge on any atom is 0.231 e. The molecule has 3 rings (SSSR count). The van der Waals surface area contributed by atoms with Crippen LogP contribution < -0.4 is 5.73 Å². The van der Waals surface area contributed by atoms with E-state index in [0.29, 0.717) is 11.5 Å². The first kappa shape index (κ1) is 9.42. The quantitative estimate of drug-likeness (QED) is 0.649. The van der Waals surface area contributed by atoms with Crippen molar-refractivity contribution < 1.29 is 0 Å². The average molecular weight is 224 g/mol. The number of imidazole rings is 1. The largest absolute Gasteiger partial charge is 0.382 e. The second-order valence-electron chi connectivity index (χ2n) is 3.54. The molecule has 82 valence electrons. The van der Waals surface area contributed by atoms with Gasteiger partial charge in [0.2, 0.25) is 5.95 Å². The number of hydrogen-bond acceptors (Lipinski definition) is 4. The van der Waals surface area contributed by atoms with Gasteiger partial charge in [-0.2, -0.15) is 15.0 Å². The van der Waals surface area contributed by atoms with Crippen molar-refractivity contribution in [2.24, 2.45) is 0 Å². The van der Waals surface area contributed by atoms with Crippen molar-refractivity contribution in [1.29, 1.82) is 5.26 Å². The first-order valence-electron chi connectivity index (χ1n) is 4.98. The standard InChI is InChI=1S/C11H8N6/c12-5-7-6-14-17(10(7)13)11-15-8-3-1-2-4-9(8)16-11/h1-4,6H,13H2,(H,15,16). The number of nitrogens with zero attached hydrogens (tertiary/aromatic N) is 4. The van der Waals surface area contributed by atoms with Gasteiger partial charge >= 0.3 is 0 Å². The Bertz CT molecular complexity index is 697. The number of fused-ring (bicyclic) bond motifs is 1. The summed E-state index contributed by atoms with van der Waals surface area (Å²) in [5.41, 5.74) is 7.85. The number of hydrogen-bond donors (Lipinski definition) is 2. The molecule has 0 saturated carbocycles. The number of anilines is 1. The molecule has 1 aromatic carbocycles. The predicted octanol–water partition coefficient (Wildman–Crippen LogP) is 1.20. The van der Waals surface area contributed by atoms with Crippen LogP contribution in [-0.2, 0) is 0 Å². The summed E-state index contributed by atoms with van der Waals surface area (Å²) in [5, 5.41) is 12.8. The molecule has 0 unspecified atom stereocenters. The zero-order valence-corrected chi connectivity index (χ0v) is 8.75. The molecule has 3 N–H and O–H groups in total. The maximum absolute atomic E-state index is 8.80. The van der Waals surface area contributed by atoms with Crippen molar-refractivity contribution in [1.82, 2.24) is 19.7 Å². The van der Waals surface area contributed by atoms with Crippen LogP contribution in [0, 0.1) is 11.3 Å². The molecule has 0 aliphatic rings. The zero-order valence-electron chi connectivity index (χ0n) is 8.75. The number of para-hydroxylation sites is 2. The summed E-state index contributed by atoms with van der Waals surface area (Å²) in [6.45, 7) is 0. The molecule has 0 fully saturated rings. The van der Waals surface area contributed by atoms with Crippen molar-refractivity contribution in [3.05, 3.63) is 36.0 Å². The van der Waals surface area contributed by atoms with Crippen LogP contribution in [0.1, 0.15) is 5.56 Å². The van der Waals surface area contributed by atoms with E-state index in [-0.39, 0.29) is 5.82 Å². The Morgan fingerprint density at radius 2 is 2.18 bits per heavy atom. The fourth-order valence-electron chi connectivity index (χ4n) is 1.65. The Hall–Kier alpha value is -2.81. The van der Waals surface area contributed by atoms with Gasteiger partial charge in [0, 0.05) is 0 Å². The molecule has 2 heterocycles. The van der Waals surface area contributed by atoms with E-state index in [1.807, 2.05) is 30.3 Å². The molecule has 2 aromatic heterocycles. The molecule has 0 atom stereocenters. The van der Waals surface area contributed by atoms with Crippen LogP contribution in [0.25, 0.3) is 17.0 Å². The van der Waals surface area contributed by atoms with Gasteiger partial charge in [-0.15, -0.1) is 0 Å². The number of rotatable bonds is 1. The van der Waals surface area contributed by atoms with Crippen molar-refractivity contribution in [2.75, 3.05) is 5.73 Å². The third-order valence-electron chi connectivity index (χ3n) is 2.50. The molecule has 6 heteroatoms. The number of H-pyrrole nitrogens is 1. The second-order valence-corrected chi connectivity index (χ2v) is 3.54. The minimum Gasteiger partial charge on any atom is -0.382 e. The third kappa shape index (κ3) is 1.33. The smallest absolute Gasteiger partial charge is 0.231 e. The molecule has 0 spiro atoms. The van der Waals surface area contributed by atoms with Crippen molar-refractivity contribution >= 4 is 16.9 Å². The van der Waals surface area contributed by atoms with Crippen LogP contribution in [0.5, 0.6) is 0 Å². The van der Waals surface area contributed by atoms with E-state index in [9.17, 15) is 0 Å². The van der Waals surface area contributed by atoms with Crippen LogP contribution in [0.2, 0.25) is 0 Å². The number of aromatic nitrogens is 4. The predicted molar refractivity (Wildman–Crippen MR) is 62.3 cm³/mol. The number of nitrogens with one attached hydrogen (secondary N) is 1.